The number of carbonyl (C=O) groups is 1. The van der Waals surface area contributed by atoms with Gasteiger partial charge in [0.1, 0.15) is 11.0 Å². The molecule has 31 heavy (non-hydrogen) atoms. The molecule has 2 heterocycles. The Morgan fingerprint density at radius 2 is 1.90 bits per heavy atom. The van der Waals surface area contributed by atoms with Crippen molar-refractivity contribution in [3.63, 3.8) is 0 Å². The fourth-order valence-electron chi connectivity index (χ4n) is 3.42. The van der Waals surface area contributed by atoms with Gasteiger partial charge in [-0.15, -0.1) is 10.2 Å². The van der Waals surface area contributed by atoms with Gasteiger partial charge in [0, 0.05) is 25.8 Å². The van der Waals surface area contributed by atoms with Gasteiger partial charge in [0.05, 0.1) is 13.2 Å². The molecule has 2 unspecified atom stereocenters. The summed E-state index contributed by atoms with van der Waals surface area (Å²) >= 11 is 1.41. The van der Waals surface area contributed by atoms with Crippen LogP contribution in [-0.4, -0.2) is 53.4 Å². The number of methoxy groups -OCH3 is 2. The third-order valence-electron chi connectivity index (χ3n) is 5.03. The maximum absolute atomic E-state index is 13.1. The maximum atomic E-state index is 13.1. The lowest BCUT2D eigenvalue weighted by atomic mass is 10.0. The standard InChI is InChI=1S/C22H25N5O3S/c1-29-14-6-13-23-21(28)19-18(15-9-11-17(30-2)12-10-15)26-27-20(24-25-22(27)31-19)16-7-4-3-5-8-16/h3-5,7-12,18-19,26H,6,13-14H2,1-2H3,(H,23,28). The molecular weight excluding hydrogens is 414 g/mol. The van der Waals surface area contributed by atoms with E-state index in [0.29, 0.717) is 24.1 Å². The van der Waals surface area contributed by atoms with Crippen molar-refractivity contribution in [2.24, 2.45) is 0 Å². The van der Waals surface area contributed by atoms with E-state index in [1.807, 2.05) is 59.3 Å². The van der Waals surface area contributed by atoms with E-state index in [-0.39, 0.29) is 11.9 Å². The third-order valence-corrected chi connectivity index (χ3v) is 6.24. The number of ether oxygens (including phenoxy) is 2. The lowest BCUT2D eigenvalue weighted by Crippen LogP contribution is -2.44. The Hall–Kier alpha value is -3.04. The lowest BCUT2D eigenvalue weighted by molar-refractivity contribution is -0.121. The van der Waals surface area contributed by atoms with E-state index in [4.69, 9.17) is 9.47 Å². The zero-order valence-corrected chi connectivity index (χ0v) is 18.3. The highest BCUT2D eigenvalue weighted by Crippen LogP contribution is 2.38. The van der Waals surface area contributed by atoms with Gasteiger partial charge in [0.2, 0.25) is 11.1 Å². The maximum Gasteiger partial charge on any atom is 0.236 e. The highest BCUT2D eigenvalue weighted by molar-refractivity contribution is 8.00. The van der Waals surface area contributed by atoms with Crippen molar-refractivity contribution in [3.05, 3.63) is 60.2 Å². The van der Waals surface area contributed by atoms with Crippen LogP contribution in [0.1, 0.15) is 18.0 Å². The quantitative estimate of drug-likeness (QED) is 0.522. The molecule has 1 amide bonds. The van der Waals surface area contributed by atoms with Gasteiger partial charge in [-0.25, -0.2) is 4.68 Å². The number of hydrogen-bond acceptors (Lipinski definition) is 7. The fourth-order valence-corrected chi connectivity index (χ4v) is 4.52. The molecule has 162 valence electrons. The summed E-state index contributed by atoms with van der Waals surface area (Å²) in [5.74, 6) is 1.42. The summed E-state index contributed by atoms with van der Waals surface area (Å²) in [6, 6.07) is 17.3. The average molecular weight is 440 g/mol. The number of fused-ring (bicyclic) bond motifs is 1. The first kappa shape index (κ1) is 21.2. The molecule has 0 saturated carbocycles. The summed E-state index contributed by atoms with van der Waals surface area (Å²) in [6.07, 6.45) is 0.759. The minimum absolute atomic E-state index is 0.0510. The van der Waals surface area contributed by atoms with Crippen LogP contribution in [0.25, 0.3) is 11.4 Å². The van der Waals surface area contributed by atoms with Crippen LogP contribution in [0, 0.1) is 0 Å². The van der Waals surface area contributed by atoms with Crippen LogP contribution in [0.4, 0.5) is 0 Å². The second kappa shape index (κ2) is 9.84. The lowest BCUT2D eigenvalue weighted by Gasteiger charge is -2.33. The Morgan fingerprint density at radius 3 is 2.61 bits per heavy atom. The normalized spacial score (nSPS) is 17.5. The van der Waals surface area contributed by atoms with Crippen molar-refractivity contribution in [1.82, 2.24) is 20.2 Å². The molecule has 0 saturated heterocycles. The Morgan fingerprint density at radius 1 is 1.13 bits per heavy atom. The molecule has 0 aliphatic carbocycles. The molecule has 1 aromatic heterocycles. The summed E-state index contributed by atoms with van der Waals surface area (Å²) in [5, 5.41) is 12.0. The van der Waals surface area contributed by atoms with Gasteiger partial charge < -0.3 is 20.2 Å². The van der Waals surface area contributed by atoms with Gasteiger partial charge in [0.15, 0.2) is 5.82 Å². The molecular formula is C22H25N5O3S. The third kappa shape index (κ3) is 4.67. The summed E-state index contributed by atoms with van der Waals surface area (Å²) < 4.78 is 12.2. The van der Waals surface area contributed by atoms with Gasteiger partial charge in [-0.2, -0.15) is 0 Å². The van der Waals surface area contributed by atoms with Crippen LogP contribution < -0.4 is 15.5 Å². The predicted octanol–water partition coefficient (Wildman–Crippen LogP) is 2.87. The van der Waals surface area contributed by atoms with Gasteiger partial charge in [0.25, 0.3) is 0 Å². The van der Waals surface area contributed by atoms with Gasteiger partial charge in [-0.1, -0.05) is 54.2 Å². The highest BCUT2D eigenvalue weighted by Gasteiger charge is 2.37. The van der Waals surface area contributed by atoms with Crippen LogP contribution in [0.2, 0.25) is 0 Å². The minimum atomic E-state index is -0.406. The van der Waals surface area contributed by atoms with Gasteiger partial charge >= 0.3 is 0 Å². The molecule has 2 N–H and O–H groups in total. The minimum Gasteiger partial charge on any atom is -0.497 e. The van der Waals surface area contributed by atoms with Crippen LogP contribution in [0.3, 0.4) is 0 Å². The number of amides is 1. The van der Waals surface area contributed by atoms with Crippen molar-refractivity contribution in [2.75, 3.05) is 32.8 Å². The van der Waals surface area contributed by atoms with Crippen LogP contribution >= 0.6 is 11.8 Å². The molecule has 3 aromatic rings. The number of nitrogens with one attached hydrogen (secondary N) is 2. The van der Waals surface area contributed by atoms with Crippen LogP contribution in [-0.2, 0) is 9.53 Å². The van der Waals surface area contributed by atoms with E-state index in [1.165, 1.54) is 11.8 Å². The van der Waals surface area contributed by atoms with Crippen molar-refractivity contribution < 1.29 is 14.3 Å². The highest BCUT2D eigenvalue weighted by atomic mass is 32.2. The summed E-state index contributed by atoms with van der Waals surface area (Å²) in [5.41, 5.74) is 5.40. The first-order chi connectivity index (χ1) is 15.2. The van der Waals surface area contributed by atoms with E-state index < -0.39 is 5.25 Å². The summed E-state index contributed by atoms with van der Waals surface area (Å²) in [4.78, 5) is 13.1. The van der Waals surface area contributed by atoms with Crippen molar-refractivity contribution in [3.8, 4) is 17.1 Å². The predicted molar refractivity (Wildman–Crippen MR) is 120 cm³/mol. The number of nitrogens with zero attached hydrogens (tertiary/aromatic N) is 3. The zero-order chi connectivity index (χ0) is 21.6. The Labute approximate surface area is 185 Å². The molecule has 9 heteroatoms. The van der Waals surface area contributed by atoms with E-state index >= 15 is 0 Å². The van der Waals surface area contributed by atoms with E-state index in [0.717, 1.165) is 23.3 Å². The number of benzene rings is 2. The summed E-state index contributed by atoms with van der Waals surface area (Å²) in [7, 11) is 3.29. The number of thioether (sulfide) groups is 1. The zero-order valence-electron chi connectivity index (χ0n) is 17.4. The van der Waals surface area contributed by atoms with Crippen molar-refractivity contribution in [1.29, 1.82) is 0 Å². The van der Waals surface area contributed by atoms with Gasteiger partial charge in [-0.3, -0.25) is 4.79 Å². The molecule has 1 aliphatic rings. The monoisotopic (exact) mass is 439 g/mol. The first-order valence-electron chi connectivity index (χ1n) is 10.1. The van der Waals surface area contributed by atoms with Crippen molar-refractivity contribution >= 4 is 17.7 Å². The Kier molecular flexibility index (Phi) is 6.73. The van der Waals surface area contributed by atoms with Crippen molar-refractivity contribution in [2.45, 2.75) is 22.9 Å². The number of hydrogen-bond donors (Lipinski definition) is 2. The molecule has 1 aliphatic heterocycles. The molecule has 8 nitrogen and oxygen atoms in total. The van der Waals surface area contributed by atoms with E-state index in [1.54, 1.807) is 14.2 Å². The van der Waals surface area contributed by atoms with Crippen LogP contribution in [0.5, 0.6) is 5.75 Å². The van der Waals surface area contributed by atoms with Gasteiger partial charge in [-0.05, 0) is 24.1 Å². The van der Waals surface area contributed by atoms with E-state index in [9.17, 15) is 4.79 Å². The van der Waals surface area contributed by atoms with Crippen LogP contribution in [0.15, 0.2) is 59.8 Å². The number of rotatable bonds is 8. The summed E-state index contributed by atoms with van der Waals surface area (Å²) in [6.45, 7) is 1.16. The first-order valence-corrected chi connectivity index (χ1v) is 10.9. The molecule has 0 radical (unpaired) electrons. The smallest absolute Gasteiger partial charge is 0.236 e. The second-order valence-corrected chi connectivity index (χ2v) is 8.17. The molecule has 2 aromatic carbocycles. The molecule has 0 fully saturated rings. The Bertz CT molecular complexity index is 1010. The average Bonchev–Trinajstić information content (AvgIpc) is 3.24. The molecule has 0 bridgehead atoms. The largest absolute Gasteiger partial charge is 0.497 e. The molecule has 0 spiro atoms. The SMILES string of the molecule is COCCCNC(=O)C1Sc2nnc(-c3ccccc3)n2NC1c1ccc(OC)cc1. The number of carbonyl (C=O) groups excluding carboxylic acids is 1. The number of aromatic nitrogens is 3. The fraction of sp³-hybridized carbons (Fsp3) is 0.318. The molecule has 2 atom stereocenters. The molecule has 4 rings (SSSR count). The topological polar surface area (TPSA) is 90.3 Å². The van der Waals surface area contributed by atoms with E-state index in [2.05, 4.69) is 20.9 Å². The second-order valence-electron chi connectivity index (χ2n) is 7.06. The Balaban J connectivity index is 1.64.